The lowest BCUT2D eigenvalue weighted by Gasteiger charge is -2.14. The van der Waals surface area contributed by atoms with Crippen LogP contribution in [0.25, 0.3) is 10.9 Å². The van der Waals surface area contributed by atoms with Crippen molar-refractivity contribution in [3.05, 3.63) is 106 Å². The van der Waals surface area contributed by atoms with Gasteiger partial charge < -0.3 is 15.0 Å². The predicted molar refractivity (Wildman–Crippen MR) is 122 cm³/mol. The van der Waals surface area contributed by atoms with Gasteiger partial charge in [-0.3, -0.25) is 4.79 Å². The summed E-state index contributed by atoms with van der Waals surface area (Å²) in [6.07, 6.45) is -2.98. The molecule has 0 saturated carbocycles. The molecule has 0 aliphatic heterocycles. The standard InChI is InChI=1S/C25H18ClF3N2O3/c26-20-7-3-16(4-8-20)14-31-10-9-18-11-19(25(27,28)29)12-21(22(18)31)23(32)30-13-15-1-5-17(6-2-15)24(33)34/h1-12H,13-14H2,(H,30,32)(H,33,34). The van der Waals surface area contributed by atoms with E-state index >= 15 is 0 Å². The Morgan fingerprint density at radius 3 is 2.21 bits per heavy atom. The van der Waals surface area contributed by atoms with Crippen LogP contribution >= 0.6 is 11.6 Å². The van der Waals surface area contributed by atoms with Crippen molar-refractivity contribution < 1.29 is 27.9 Å². The summed E-state index contributed by atoms with van der Waals surface area (Å²) in [5.41, 5.74) is 0.923. The van der Waals surface area contributed by atoms with E-state index in [1.807, 2.05) is 0 Å². The fourth-order valence-electron chi connectivity index (χ4n) is 3.65. The minimum absolute atomic E-state index is 0.0222. The number of nitrogens with zero attached hydrogens (tertiary/aromatic N) is 1. The van der Waals surface area contributed by atoms with E-state index in [9.17, 15) is 22.8 Å². The summed E-state index contributed by atoms with van der Waals surface area (Å²) in [6.45, 7) is 0.358. The van der Waals surface area contributed by atoms with E-state index in [1.165, 1.54) is 24.3 Å². The number of hydrogen-bond acceptors (Lipinski definition) is 2. The molecule has 0 spiro atoms. The molecule has 0 aliphatic rings. The van der Waals surface area contributed by atoms with Gasteiger partial charge in [0.15, 0.2) is 0 Å². The summed E-state index contributed by atoms with van der Waals surface area (Å²) in [6, 6.07) is 16.3. The zero-order chi connectivity index (χ0) is 24.5. The number of amides is 1. The summed E-state index contributed by atoms with van der Waals surface area (Å²) in [5.74, 6) is -1.75. The van der Waals surface area contributed by atoms with Crippen molar-refractivity contribution in [3.8, 4) is 0 Å². The lowest BCUT2D eigenvalue weighted by Crippen LogP contribution is -2.24. The third-order valence-electron chi connectivity index (χ3n) is 5.35. The van der Waals surface area contributed by atoms with Gasteiger partial charge in [-0.05, 0) is 53.6 Å². The van der Waals surface area contributed by atoms with Crippen LogP contribution in [0.3, 0.4) is 0 Å². The van der Waals surface area contributed by atoms with Crippen molar-refractivity contribution in [2.75, 3.05) is 0 Å². The van der Waals surface area contributed by atoms with Crippen molar-refractivity contribution >= 4 is 34.4 Å². The van der Waals surface area contributed by atoms with E-state index in [4.69, 9.17) is 16.7 Å². The second-order valence-electron chi connectivity index (χ2n) is 7.71. The molecule has 9 heteroatoms. The zero-order valence-corrected chi connectivity index (χ0v) is 18.3. The minimum Gasteiger partial charge on any atom is -0.478 e. The van der Waals surface area contributed by atoms with Gasteiger partial charge in [-0.2, -0.15) is 13.2 Å². The van der Waals surface area contributed by atoms with Crippen LogP contribution in [0.15, 0.2) is 72.9 Å². The number of alkyl halides is 3. The number of benzene rings is 3. The Kier molecular flexibility index (Phi) is 6.34. The monoisotopic (exact) mass is 486 g/mol. The molecule has 1 amide bonds. The maximum absolute atomic E-state index is 13.5. The number of carbonyl (C=O) groups is 2. The second kappa shape index (κ2) is 9.23. The summed E-state index contributed by atoms with van der Waals surface area (Å²) in [4.78, 5) is 24.0. The predicted octanol–water partition coefficient (Wildman–Crippen LogP) is 5.99. The summed E-state index contributed by atoms with van der Waals surface area (Å²) in [5, 5.41) is 12.5. The summed E-state index contributed by atoms with van der Waals surface area (Å²) in [7, 11) is 0. The van der Waals surface area contributed by atoms with E-state index in [1.54, 1.807) is 41.1 Å². The van der Waals surface area contributed by atoms with Crippen molar-refractivity contribution in [2.45, 2.75) is 19.3 Å². The number of nitrogens with one attached hydrogen (secondary N) is 1. The van der Waals surface area contributed by atoms with Crippen LogP contribution < -0.4 is 5.32 Å². The fraction of sp³-hybridized carbons (Fsp3) is 0.120. The summed E-state index contributed by atoms with van der Waals surface area (Å²) >= 11 is 5.93. The lowest BCUT2D eigenvalue weighted by atomic mass is 10.0. The number of rotatable bonds is 6. The molecule has 5 nitrogen and oxygen atoms in total. The normalized spacial score (nSPS) is 11.5. The molecule has 1 heterocycles. The van der Waals surface area contributed by atoms with Gasteiger partial charge in [0.05, 0.1) is 22.2 Å². The van der Waals surface area contributed by atoms with E-state index in [0.29, 0.717) is 28.0 Å². The Labute approximate surface area is 197 Å². The highest BCUT2D eigenvalue weighted by molar-refractivity contribution is 6.30. The Bertz CT molecular complexity index is 1360. The molecule has 0 unspecified atom stereocenters. The molecule has 2 N–H and O–H groups in total. The molecular weight excluding hydrogens is 469 g/mol. The maximum Gasteiger partial charge on any atom is 0.416 e. The number of carboxylic acid groups (broad SMARTS) is 1. The molecule has 0 saturated heterocycles. The molecule has 0 bridgehead atoms. The molecule has 174 valence electrons. The molecule has 0 atom stereocenters. The Morgan fingerprint density at radius 2 is 1.59 bits per heavy atom. The van der Waals surface area contributed by atoms with Gasteiger partial charge in [0, 0.05) is 29.7 Å². The van der Waals surface area contributed by atoms with E-state index < -0.39 is 23.6 Å². The number of carbonyl (C=O) groups excluding carboxylic acids is 1. The Balaban J connectivity index is 1.67. The van der Waals surface area contributed by atoms with Crippen molar-refractivity contribution in [2.24, 2.45) is 0 Å². The first kappa shape index (κ1) is 23.4. The van der Waals surface area contributed by atoms with Gasteiger partial charge in [0.2, 0.25) is 0 Å². The molecule has 4 rings (SSSR count). The molecule has 0 fully saturated rings. The van der Waals surface area contributed by atoms with Crippen LogP contribution in [0.5, 0.6) is 0 Å². The third-order valence-corrected chi connectivity index (χ3v) is 5.60. The topological polar surface area (TPSA) is 71.3 Å². The SMILES string of the molecule is O=C(O)c1ccc(CNC(=O)c2cc(C(F)(F)F)cc3ccn(Cc4ccc(Cl)cc4)c23)cc1. The molecule has 3 aromatic carbocycles. The van der Waals surface area contributed by atoms with Crippen LogP contribution in [-0.4, -0.2) is 21.6 Å². The fourth-order valence-corrected chi connectivity index (χ4v) is 3.77. The van der Waals surface area contributed by atoms with Gasteiger partial charge >= 0.3 is 12.1 Å². The highest BCUT2D eigenvalue weighted by Crippen LogP contribution is 2.34. The third kappa shape index (κ3) is 5.07. The molecule has 0 radical (unpaired) electrons. The number of aromatic carboxylic acids is 1. The van der Waals surface area contributed by atoms with Crippen LogP contribution in [0.1, 0.15) is 37.4 Å². The van der Waals surface area contributed by atoms with Crippen LogP contribution in [0.2, 0.25) is 5.02 Å². The van der Waals surface area contributed by atoms with Crippen molar-refractivity contribution in [1.29, 1.82) is 0 Å². The van der Waals surface area contributed by atoms with Gasteiger partial charge in [0.25, 0.3) is 5.91 Å². The summed E-state index contributed by atoms with van der Waals surface area (Å²) < 4.78 is 42.2. The molecule has 0 aliphatic carbocycles. The Morgan fingerprint density at radius 1 is 0.941 bits per heavy atom. The van der Waals surface area contributed by atoms with E-state index in [-0.39, 0.29) is 17.7 Å². The number of hydrogen-bond donors (Lipinski definition) is 2. The number of aromatic nitrogens is 1. The zero-order valence-electron chi connectivity index (χ0n) is 17.6. The van der Waals surface area contributed by atoms with Crippen molar-refractivity contribution in [1.82, 2.24) is 9.88 Å². The van der Waals surface area contributed by atoms with Crippen LogP contribution in [-0.2, 0) is 19.3 Å². The number of carboxylic acids is 1. The van der Waals surface area contributed by atoms with Crippen LogP contribution in [0, 0.1) is 0 Å². The van der Waals surface area contributed by atoms with Gasteiger partial charge in [-0.15, -0.1) is 0 Å². The highest BCUT2D eigenvalue weighted by atomic mass is 35.5. The molecular formula is C25H18ClF3N2O3. The van der Waals surface area contributed by atoms with Gasteiger partial charge in [-0.25, -0.2) is 4.79 Å². The van der Waals surface area contributed by atoms with E-state index in [0.717, 1.165) is 17.7 Å². The number of fused-ring (bicyclic) bond motifs is 1. The first-order valence-corrected chi connectivity index (χ1v) is 10.5. The van der Waals surface area contributed by atoms with Crippen molar-refractivity contribution in [3.63, 3.8) is 0 Å². The average molecular weight is 487 g/mol. The first-order chi connectivity index (χ1) is 16.1. The Hall–Kier alpha value is -3.78. The smallest absolute Gasteiger partial charge is 0.416 e. The van der Waals surface area contributed by atoms with E-state index in [2.05, 4.69) is 5.32 Å². The van der Waals surface area contributed by atoms with Gasteiger partial charge in [0.1, 0.15) is 0 Å². The minimum atomic E-state index is -4.62. The number of halogens is 4. The molecule has 4 aromatic rings. The maximum atomic E-state index is 13.5. The van der Waals surface area contributed by atoms with Crippen LogP contribution in [0.4, 0.5) is 13.2 Å². The quantitative estimate of drug-likeness (QED) is 0.351. The largest absolute Gasteiger partial charge is 0.478 e. The molecule has 34 heavy (non-hydrogen) atoms. The first-order valence-electron chi connectivity index (χ1n) is 10.2. The lowest BCUT2D eigenvalue weighted by molar-refractivity contribution is -0.137. The highest BCUT2D eigenvalue weighted by Gasteiger charge is 2.32. The second-order valence-corrected chi connectivity index (χ2v) is 8.15. The average Bonchev–Trinajstić information content (AvgIpc) is 3.21. The molecule has 1 aromatic heterocycles. The van der Waals surface area contributed by atoms with Gasteiger partial charge in [-0.1, -0.05) is 35.9 Å².